The Kier molecular flexibility index (Phi) is 2.90. The highest BCUT2D eigenvalue weighted by atomic mass is 35.5. The average molecular weight is 320 g/mol. The number of fused-ring (bicyclic) bond motifs is 2. The van der Waals surface area contributed by atoms with Gasteiger partial charge in [0.2, 0.25) is 0 Å². The van der Waals surface area contributed by atoms with Gasteiger partial charge in [-0.3, -0.25) is 0 Å². The van der Waals surface area contributed by atoms with Gasteiger partial charge >= 0.3 is 0 Å². The fourth-order valence-corrected chi connectivity index (χ4v) is 3.78. The van der Waals surface area contributed by atoms with Gasteiger partial charge in [0.1, 0.15) is 12.2 Å². The predicted molar refractivity (Wildman–Crippen MR) is 79.4 cm³/mol. The van der Waals surface area contributed by atoms with Gasteiger partial charge in [0.25, 0.3) is 0 Å². The second kappa shape index (κ2) is 4.68. The van der Waals surface area contributed by atoms with Crippen molar-refractivity contribution in [2.45, 2.75) is 12.2 Å². The minimum Gasteiger partial charge on any atom is -0.442 e. The lowest BCUT2D eigenvalue weighted by atomic mass is 9.89. The number of furan rings is 1. The second-order valence-corrected chi connectivity index (χ2v) is 6.21. The smallest absolute Gasteiger partial charge is 0.194 e. The van der Waals surface area contributed by atoms with Crippen molar-refractivity contribution in [3.05, 3.63) is 63.3 Å². The van der Waals surface area contributed by atoms with E-state index in [2.05, 4.69) is 4.98 Å². The zero-order chi connectivity index (χ0) is 14.6. The van der Waals surface area contributed by atoms with Crippen LogP contribution in [-0.2, 0) is 0 Å². The van der Waals surface area contributed by atoms with Gasteiger partial charge in [0.05, 0.1) is 10.6 Å². The number of aliphatic hydroxyl groups is 2. The van der Waals surface area contributed by atoms with Crippen LogP contribution in [0.5, 0.6) is 0 Å². The fraction of sp³-hybridized carbons (Fsp3) is 0.133. The monoisotopic (exact) mass is 319 g/mol. The SMILES string of the molecule is OC1c2ccccc2C(O)c2sc(-c3ccc(Cl)o3)nc21. The van der Waals surface area contributed by atoms with E-state index in [-0.39, 0.29) is 5.22 Å². The Labute approximate surface area is 129 Å². The first kappa shape index (κ1) is 13.0. The predicted octanol–water partition coefficient (Wildman–Crippen LogP) is 3.53. The van der Waals surface area contributed by atoms with Crippen molar-refractivity contribution in [1.82, 2.24) is 4.98 Å². The van der Waals surface area contributed by atoms with E-state index in [1.807, 2.05) is 18.2 Å². The minimum absolute atomic E-state index is 0.280. The first-order valence-electron chi connectivity index (χ1n) is 6.36. The molecule has 0 saturated heterocycles. The summed E-state index contributed by atoms with van der Waals surface area (Å²) in [7, 11) is 0. The van der Waals surface area contributed by atoms with Gasteiger partial charge in [-0.25, -0.2) is 4.98 Å². The van der Waals surface area contributed by atoms with E-state index in [9.17, 15) is 10.2 Å². The van der Waals surface area contributed by atoms with Crippen molar-refractivity contribution in [3.63, 3.8) is 0 Å². The summed E-state index contributed by atoms with van der Waals surface area (Å²) in [6.45, 7) is 0. The Morgan fingerprint density at radius 2 is 1.76 bits per heavy atom. The van der Waals surface area contributed by atoms with Crippen molar-refractivity contribution in [3.8, 4) is 10.8 Å². The largest absolute Gasteiger partial charge is 0.442 e. The van der Waals surface area contributed by atoms with Crippen molar-refractivity contribution < 1.29 is 14.6 Å². The van der Waals surface area contributed by atoms with Crippen LogP contribution in [0.3, 0.4) is 0 Å². The normalized spacial score (nSPS) is 20.1. The van der Waals surface area contributed by atoms with Crippen LogP contribution < -0.4 is 0 Å². The molecule has 3 aromatic rings. The van der Waals surface area contributed by atoms with E-state index >= 15 is 0 Å². The van der Waals surface area contributed by atoms with E-state index in [4.69, 9.17) is 16.0 Å². The third kappa shape index (κ3) is 1.93. The molecule has 6 heteroatoms. The molecule has 0 bridgehead atoms. The van der Waals surface area contributed by atoms with E-state index in [0.717, 1.165) is 0 Å². The summed E-state index contributed by atoms with van der Waals surface area (Å²) in [6, 6.07) is 10.6. The third-order valence-corrected chi connectivity index (χ3v) is 4.90. The van der Waals surface area contributed by atoms with E-state index in [0.29, 0.717) is 32.5 Å². The van der Waals surface area contributed by atoms with Crippen LogP contribution >= 0.6 is 22.9 Å². The molecule has 4 nitrogen and oxygen atoms in total. The van der Waals surface area contributed by atoms with Crippen LogP contribution in [0.2, 0.25) is 5.22 Å². The number of rotatable bonds is 1. The van der Waals surface area contributed by atoms with Gasteiger partial charge < -0.3 is 14.6 Å². The Morgan fingerprint density at radius 3 is 2.43 bits per heavy atom. The molecule has 2 atom stereocenters. The number of benzene rings is 1. The molecule has 1 aromatic carbocycles. The molecule has 0 radical (unpaired) electrons. The van der Waals surface area contributed by atoms with Gasteiger partial charge in [-0.1, -0.05) is 24.3 Å². The number of nitrogens with zero attached hydrogens (tertiary/aromatic N) is 1. The standard InChI is InChI=1S/C15H10ClNO3S/c16-10-6-5-9(20-10)15-17-11-12(18)7-3-1-2-4-8(7)13(19)14(11)21-15/h1-6,12-13,18-19H. The van der Waals surface area contributed by atoms with Gasteiger partial charge in [0, 0.05) is 0 Å². The second-order valence-electron chi connectivity index (χ2n) is 4.81. The molecule has 106 valence electrons. The molecule has 0 fully saturated rings. The number of hydrogen-bond donors (Lipinski definition) is 2. The molecule has 1 aliphatic carbocycles. The lowest BCUT2D eigenvalue weighted by molar-refractivity contribution is 0.173. The zero-order valence-corrected chi connectivity index (χ0v) is 12.2. The lowest BCUT2D eigenvalue weighted by Crippen LogP contribution is -2.16. The number of halogens is 1. The minimum atomic E-state index is -0.838. The number of thiazole rings is 1. The molecule has 2 heterocycles. The topological polar surface area (TPSA) is 66.5 Å². The summed E-state index contributed by atoms with van der Waals surface area (Å²) in [6.07, 6.45) is -1.62. The maximum atomic E-state index is 10.5. The molecular weight excluding hydrogens is 310 g/mol. The highest BCUT2D eigenvalue weighted by Gasteiger charge is 2.34. The molecule has 1 aliphatic rings. The van der Waals surface area contributed by atoms with Crippen molar-refractivity contribution >= 4 is 22.9 Å². The quantitative estimate of drug-likeness (QED) is 0.720. The summed E-state index contributed by atoms with van der Waals surface area (Å²) >= 11 is 7.08. The molecule has 0 saturated carbocycles. The molecule has 0 aliphatic heterocycles. The Morgan fingerprint density at radius 1 is 1.05 bits per heavy atom. The summed E-state index contributed by atoms with van der Waals surface area (Å²) in [4.78, 5) is 5.06. The van der Waals surface area contributed by atoms with E-state index in [1.165, 1.54) is 11.3 Å². The van der Waals surface area contributed by atoms with E-state index in [1.54, 1.807) is 18.2 Å². The summed E-state index contributed by atoms with van der Waals surface area (Å²) < 4.78 is 5.34. The van der Waals surface area contributed by atoms with Crippen LogP contribution in [0.15, 0.2) is 40.8 Å². The van der Waals surface area contributed by atoms with Crippen LogP contribution in [0.25, 0.3) is 10.8 Å². The molecule has 2 N–H and O–H groups in total. The number of aliphatic hydroxyl groups excluding tert-OH is 2. The maximum absolute atomic E-state index is 10.5. The molecule has 2 aromatic heterocycles. The van der Waals surface area contributed by atoms with Gasteiger partial charge in [-0.05, 0) is 34.9 Å². The van der Waals surface area contributed by atoms with Crippen LogP contribution in [0.1, 0.15) is 33.9 Å². The zero-order valence-electron chi connectivity index (χ0n) is 10.7. The van der Waals surface area contributed by atoms with Gasteiger partial charge in [-0.2, -0.15) is 0 Å². The molecule has 2 unspecified atom stereocenters. The summed E-state index contributed by atoms with van der Waals surface area (Å²) in [5, 5.41) is 21.8. The van der Waals surface area contributed by atoms with Crippen molar-refractivity contribution in [2.75, 3.05) is 0 Å². The molecule has 0 amide bonds. The fourth-order valence-electron chi connectivity index (χ4n) is 2.57. The highest BCUT2D eigenvalue weighted by molar-refractivity contribution is 7.15. The molecular formula is C15H10ClNO3S. The Hall–Kier alpha value is -1.66. The average Bonchev–Trinajstić information content (AvgIpc) is 3.11. The highest BCUT2D eigenvalue weighted by Crippen LogP contribution is 2.45. The molecule has 0 spiro atoms. The molecule has 21 heavy (non-hydrogen) atoms. The summed E-state index contributed by atoms with van der Waals surface area (Å²) in [5.41, 5.74) is 1.88. The van der Waals surface area contributed by atoms with Gasteiger partial charge in [-0.15, -0.1) is 11.3 Å². The van der Waals surface area contributed by atoms with Crippen molar-refractivity contribution in [1.29, 1.82) is 0 Å². The van der Waals surface area contributed by atoms with Crippen LogP contribution in [-0.4, -0.2) is 15.2 Å². The van der Waals surface area contributed by atoms with Crippen molar-refractivity contribution in [2.24, 2.45) is 0 Å². The number of hydrogen-bond acceptors (Lipinski definition) is 5. The Balaban J connectivity index is 1.87. The van der Waals surface area contributed by atoms with Gasteiger partial charge in [0.15, 0.2) is 16.0 Å². The van der Waals surface area contributed by atoms with Crippen LogP contribution in [0.4, 0.5) is 0 Å². The Bertz CT molecular complexity index is 779. The van der Waals surface area contributed by atoms with E-state index < -0.39 is 12.2 Å². The first-order chi connectivity index (χ1) is 10.1. The lowest BCUT2D eigenvalue weighted by Gasteiger charge is -2.24. The number of aromatic nitrogens is 1. The summed E-state index contributed by atoms with van der Waals surface area (Å²) in [5.74, 6) is 0.530. The maximum Gasteiger partial charge on any atom is 0.194 e. The van der Waals surface area contributed by atoms with Crippen LogP contribution in [0, 0.1) is 0 Å². The first-order valence-corrected chi connectivity index (χ1v) is 7.56. The molecule has 4 rings (SSSR count). The third-order valence-electron chi connectivity index (χ3n) is 3.56.